The van der Waals surface area contributed by atoms with Crippen molar-refractivity contribution in [1.82, 2.24) is 0 Å². The highest BCUT2D eigenvalue weighted by Crippen LogP contribution is 2.86. The first-order valence-corrected chi connectivity index (χ1v) is 18.7. The highest BCUT2D eigenvalue weighted by Gasteiger charge is 2.86. The van der Waals surface area contributed by atoms with E-state index in [9.17, 15) is 19.2 Å². The van der Waals surface area contributed by atoms with Crippen molar-refractivity contribution in [3.63, 3.8) is 0 Å². The number of hydrogen-bond acceptors (Lipinski definition) is 8. The number of ketones is 2. The Kier molecular flexibility index (Phi) is 5.18. The van der Waals surface area contributed by atoms with Crippen molar-refractivity contribution < 1.29 is 38.1 Å². The van der Waals surface area contributed by atoms with E-state index in [-0.39, 0.29) is 54.2 Å². The fraction of sp³-hybridized carbons (Fsp3) is 0.895. The quantitative estimate of drug-likeness (QED) is 0.375. The van der Waals surface area contributed by atoms with Gasteiger partial charge < -0.3 is 18.9 Å². The highest BCUT2D eigenvalue weighted by atomic mass is 16.7. The van der Waals surface area contributed by atoms with Crippen LogP contribution in [0.2, 0.25) is 0 Å². The van der Waals surface area contributed by atoms with E-state index >= 15 is 0 Å². The molecule has 0 aromatic carbocycles. The third-order valence-electron chi connectivity index (χ3n) is 17.0. The summed E-state index contributed by atoms with van der Waals surface area (Å²) in [5.74, 6) is 2.47. The molecular weight excluding hydrogens is 584 g/mol. The molecule has 0 N–H and O–H groups in total. The van der Waals surface area contributed by atoms with Gasteiger partial charge in [-0.1, -0.05) is 6.92 Å². The average molecular weight is 633 g/mol. The predicted octanol–water partition coefficient (Wildman–Crippen LogP) is 5.05. The number of hydrogen-bond donors (Lipinski definition) is 0. The van der Waals surface area contributed by atoms with Gasteiger partial charge in [-0.3, -0.25) is 19.2 Å². The summed E-state index contributed by atoms with van der Waals surface area (Å²) < 4.78 is 26.4. The van der Waals surface area contributed by atoms with Crippen LogP contribution in [0.4, 0.5) is 0 Å². The Bertz CT molecular complexity index is 1420. The summed E-state index contributed by atoms with van der Waals surface area (Å²) in [7, 11) is 0. The van der Waals surface area contributed by atoms with Gasteiger partial charge >= 0.3 is 11.9 Å². The number of fused-ring (bicyclic) bond motifs is 1. The molecule has 0 radical (unpaired) electrons. The van der Waals surface area contributed by atoms with E-state index in [1.165, 1.54) is 6.42 Å². The normalized spacial score (nSPS) is 59.0. The number of carbonyl (C=O) groups excluding carboxylic acids is 4. The first-order valence-electron chi connectivity index (χ1n) is 18.7. The Balaban J connectivity index is 0.837. The fourth-order valence-corrected chi connectivity index (χ4v) is 15.5. The van der Waals surface area contributed by atoms with Crippen molar-refractivity contribution in [1.29, 1.82) is 0 Å². The number of carbonyl (C=O) groups is 4. The largest absolute Gasteiger partial charge is 0.464 e. The molecule has 1 saturated heterocycles. The molecule has 8 nitrogen and oxygen atoms in total. The average Bonchev–Trinajstić information content (AvgIpc) is 3.51. The molecule has 12 aliphatic carbocycles. The Morgan fingerprint density at radius 3 is 1.96 bits per heavy atom. The van der Waals surface area contributed by atoms with Gasteiger partial charge in [-0.25, -0.2) is 0 Å². The second-order valence-corrected chi connectivity index (χ2v) is 19.5. The van der Waals surface area contributed by atoms with Gasteiger partial charge in [0, 0.05) is 35.5 Å². The SMILES string of the molecule is CC12CC3CC(C1)C1(OCC(COC(=O)C45CC6CC(C4)C(=O)C(C6)C5)(COC(=O)C45CC6CC7CC64C(C5)C7=O)CO1)C(C3)C2. The van der Waals surface area contributed by atoms with Crippen LogP contribution < -0.4 is 0 Å². The summed E-state index contributed by atoms with van der Waals surface area (Å²) in [5, 5.41) is 0. The molecule has 0 aromatic heterocycles. The van der Waals surface area contributed by atoms with Crippen molar-refractivity contribution in [3.8, 4) is 0 Å². The predicted molar refractivity (Wildman–Crippen MR) is 160 cm³/mol. The molecule has 0 amide bonds. The second-order valence-electron chi connectivity index (χ2n) is 19.5. The minimum atomic E-state index is -0.780. The van der Waals surface area contributed by atoms with E-state index in [2.05, 4.69) is 6.92 Å². The summed E-state index contributed by atoms with van der Waals surface area (Å²) >= 11 is 0. The summed E-state index contributed by atoms with van der Waals surface area (Å²) in [6.45, 7) is 3.30. The van der Waals surface area contributed by atoms with Gasteiger partial charge in [0.2, 0.25) is 0 Å². The van der Waals surface area contributed by atoms with Crippen LogP contribution in [0.3, 0.4) is 0 Å². The summed E-state index contributed by atoms with van der Waals surface area (Å²) in [5.41, 5.74) is -1.63. The number of esters is 2. The standard InChI is InChI=1S/C38H48O8/c1-33-7-21-4-26(12-33)38(27(5-21)13-33)45-18-34(19-46-38,16-43-31(41)35-8-20-2-22(9-35)29(39)23(3-20)10-35)17-44-32(42)36-14-25-6-24-11-37(25,36)28(15-36)30(24)40/h20-28H,2-19H2,1H3. The maximum Gasteiger partial charge on any atom is 0.312 e. The zero-order valence-corrected chi connectivity index (χ0v) is 27.2. The van der Waals surface area contributed by atoms with Crippen LogP contribution >= 0.6 is 0 Å². The smallest absolute Gasteiger partial charge is 0.312 e. The number of rotatable bonds is 6. The van der Waals surface area contributed by atoms with Crippen LogP contribution in [-0.4, -0.2) is 55.7 Å². The maximum absolute atomic E-state index is 14.0. The van der Waals surface area contributed by atoms with E-state index in [0.29, 0.717) is 73.1 Å². The van der Waals surface area contributed by atoms with Gasteiger partial charge in [0.25, 0.3) is 0 Å². The van der Waals surface area contributed by atoms with Gasteiger partial charge in [0.1, 0.15) is 24.8 Å². The highest BCUT2D eigenvalue weighted by molar-refractivity contribution is 5.96. The van der Waals surface area contributed by atoms with Gasteiger partial charge in [-0.05, 0) is 118 Å². The fourth-order valence-electron chi connectivity index (χ4n) is 15.5. The molecule has 13 rings (SSSR count). The van der Waals surface area contributed by atoms with Crippen LogP contribution in [0.1, 0.15) is 96.8 Å². The van der Waals surface area contributed by atoms with Crippen LogP contribution in [0.15, 0.2) is 0 Å². The van der Waals surface area contributed by atoms with Gasteiger partial charge in [-0.15, -0.1) is 0 Å². The van der Waals surface area contributed by atoms with Crippen LogP contribution in [0.25, 0.3) is 0 Å². The Morgan fingerprint density at radius 2 is 1.30 bits per heavy atom. The van der Waals surface area contributed by atoms with E-state index in [1.54, 1.807) is 0 Å². The molecule has 0 aromatic rings. The minimum absolute atomic E-state index is 0.00240. The van der Waals surface area contributed by atoms with Crippen LogP contribution in [-0.2, 0) is 38.1 Å². The molecule has 8 heteroatoms. The molecule has 12 saturated carbocycles. The molecule has 2 spiro atoms. The lowest BCUT2D eigenvalue weighted by Gasteiger charge is -2.71. The summed E-state index contributed by atoms with van der Waals surface area (Å²) in [6, 6.07) is 0. The van der Waals surface area contributed by atoms with Crippen LogP contribution in [0.5, 0.6) is 0 Å². The first kappa shape index (κ1) is 28.1. The molecule has 46 heavy (non-hydrogen) atoms. The van der Waals surface area contributed by atoms with E-state index in [1.807, 2.05) is 0 Å². The minimum Gasteiger partial charge on any atom is -0.464 e. The van der Waals surface area contributed by atoms with Crippen molar-refractivity contribution in [2.24, 2.45) is 80.3 Å². The molecular formula is C38H48O8. The topological polar surface area (TPSA) is 105 Å². The Hall–Kier alpha value is -1.80. The summed E-state index contributed by atoms with van der Waals surface area (Å²) in [6.07, 6.45) is 13.1. The molecule has 1 heterocycles. The van der Waals surface area contributed by atoms with Gasteiger partial charge in [0.15, 0.2) is 5.79 Å². The lowest BCUT2D eigenvalue weighted by atomic mass is 9.30. The second kappa shape index (κ2) is 8.49. The Morgan fingerprint density at radius 1 is 0.674 bits per heavy atom. The summed E-state index contributed by atoms with van der Waals surface area (Å²) in [4.78, 5) is 53.6. The lowest BCUT2D eigenvalue weighted by molar-refractivity contribution is -0.392. The van der Waals surface area contributed by atoms with Crippen LogP contribution in [0, 0.1) is 80.3 Å². The molecule has 1 aliphatic heterocycles. The zero-order valence-electron chi connectivity index (χ0n) is 27.2. The lowest BCUT2D eigenvalue weighted by Crippen LogP contribution is -2.73. The molecule has 13 aliphatic rings. The van der Waals surface area contributed by atoms with Crippen molar-refractivity contribution in [3.05, 3.63) is 0 Å². The Labute approximate surface area is 270 Å². The number of Topliss-reactive ketones (excluding diaryl/α,β-unsaturated/α-hetero) is 2. The molecule has 9 atom stereocenters. The molecule has 248 valence electrons. The van der Waals surface area contributed by atoms with Crippen molar-refractivity contribution >= 4 is 23.5 Å². The first-order chi connectivity index (χ1) is 22.0. The monoisotopic (exact) mass is 632 g/mol. The third kappa shape index (κ3) is 3.18. The zero-order chi connectivity index (χ0) is 31.1. The van der Waals surface area contributed by atoms with E-state index in [4.69, 9.17) is 18.9 Å². The molecule has 13 fully saturated rings. The molecule has 10 bridgehead atoms. The maximum atomic E-state index is 14.0. The van der Waals surface area contributed by atoms with E-state index < -0.39 is 22.0 Å². The number of ether oxygens (including phenoxy) is 4. The van der Waals surface area contributed by atoms with Gasteiger partial charge in [-0.2, -0.15) is 0 Å². The third-order valence-corrected chi connectivity index (χ3v) is 17.0. The van der Waals surface area contributed by atoms with E-state index in [0.717, 1.165) is 70.1 Å². The van der Waals surface area contributed by atoms with Gasteiger partial charge in [0.05, 0.1) is 29.5 Å². The molecule has 9 unspecified atom stereocenters. The van der Waals surface area contributed by atoms with Crippen molar-refractivity contribution in [2.45, 2.75) is 103 Å². The van der Waals surface area contributed by atoms with Crippen molar-refractivity contribution in [2.75, 3.05) is 26.4 Å².